The van der Waals surface area contributed by atoms with Crippen LogP contribution in [0.4, 0.5) is 4.79 Å². The van der Waals surface area contributed by atoms with Crippen LogP contribution < -0.4 is 10.6 Å². The van der Waals surface area contributed by atoms with Crippen molar-refractivity contribution in [1.29, 1.82) is 0 Å². The van der Waals surface area contributed by atoms with Gasteiger partial charge in [0.25, 0.3) is 0 Å². The molecule has 0 aliphatic rings. The molecule has 0 saturated heterocycles. The van der Waals surface area contributed by atoms with E-state index in [1.54, 1.807) is 7.05 Å². The Morgan fingerprint density at radius 1 is 1.50 bits per heavy atom. The first kappa shape index (κ1) is 9.01. The fourth-order valence-electron chi connectivity index (χ4n) is 0.490. The van der Waals surface area contributed by atoms with Gasteiger partial charge in [0.05, 0.1) is 0 Å². The quantitative estimate of drug-likeness (QED) is 0.564. The third-order valence-corrected chi connectivity index (χ3v) is 1.01. The Kier molecular flexibility index (Phi) is 5.53. The molecule has 0 aromatic heterocycles. The maximum absolute atomic E-state index is 10.5. The zero-order valence-corrected chi connectivity index (χ0v) is 6.48. The van der Waals surface area contributed by atoms with Gasteiger partial charge in [0.15, 0.2) is 0 Å². The van der Waals surface area contributed by atoms with Crippen molar-refractivity contribution >= 4 is 6.03 Å². The molecule has 3 nitrogen and oxygen atoms in total. The highest BCUT2D eigenvalue weighted by Crippen LogP contribution is 1.76. The molecule has 0 bridgehead atoms. The minimum Gasteiger partial charge on any atom is -0.341 e. The SMILES string of the molecule is CC/C=C/CNC(=O)NC. The topological polar surface area (TPSA) is 41.1 Å². The largest absolute Gasteiger partial charge is 0.341 e. The molecule has 0 aromatic carbocycles. The molecule has 0 heterocycles. The number of hydrogen-bond donors (Lipinski definition) is 2. The molecule has 2 N–H and O–H groups in total. The predicted octanol–water partition coefficient (Wildman–Crippen LogP) is 0.882. The van der Waals surface area contributed by atoms with Crippen LogP contribution >= 0.6 is 0 Å². The summed E-state index contributed by atoms with van der Waals surface area (Å²) in [5.41, 5.74) is 0. The van der Waals surface area contributed by atoms with Gasteiger partial charge in [0.1, 0.15) is 0 Å². The van der Waals surface area contributed by atoms with Crippen LogP contribution in [0.25, 0.3) is 0 Å². The number of urea groups is 1. The lowest BCUT2D eigenvalue weighted by Crippen LogP contribution is -2.32. The molecule has 0 spiro atoms. The number of nitrogens with one attached hydrogen (secondary N) is 2. The monoisotopic (exact) mass is 142 g/mol. The van der Waals surface area contributed by atoms with Crippen molar-refractivity contribution < 1.29 is 4.79 Å². The van der Waals surface area contributed by atoms with Crippen molar-refractivity contribution in [2.75, 3.05) is 13.6 Å². The van der Waals surface area contributed by atoms with Gasteiger partial charge in [-0.25, -0.2) is 4.79 Å². The second kappa shape index (κ2) is 6.13. The Balaban J connectivity index is 3.19. The van der Waals surface area contributed by atoms with E-state index in [0.717, 1.165) is 6.42 Å². The van der Waals surface area contributed by atoms with E-state index >= 15 is 0 Å². The number of rotatable bonds is 3. The van der Waals surface area contributed by atoms with Crippen molar-refractivity contribution in [2.45, 2.75) is 13.3 Å². The third kappa shape index (κ3) is 5.15. The second-order valence-electron chi connectivity index (χ2n) is 1.84. The molecule has 0 aliphatic carbocycles. The molecule has 0 aliphatic heterocycles. The first-order valence-corrected chi connectivity index (χ1v) is 3.41. The number of carbonyl (C=O) groups is 1. The Hall–Kier alpha value is -0.990. The maximum atomic E-state index is 10.5. The van der Waals surface area contributed by atoms with E-state index in [2.05, 4.69) is 17.6 Å². The molecule has 0 saturated carbocycles. The van der Waals surface area contributed by atoms with E-state index in [0.29, 0.717) is 6.54 Å². The van der Waals surface area contributed by atoms with Gasteiger partial charge in [0, 0.05) is 13.6 Å². The standard InChI is InChI=1S/C7H14N2O/c1-3-4-5-6-9-7(10)8-2/h4-5H,3,6H2,1-2H3,(H2,8,9,10)/b5-4+. The van der Waals surface area contributed by atoms with Crippen LogP contribution in [0.5, 0.6) is 0 Å². The van der Waals surface area contributed by atoms with E-state index in [1.165, 1.54) is 0 Å². The molecule has 0 unspecified atom stereocenters. The molecule has 58 valence electrons. The van der Waals surface area contributed by atoms with E-state index in [9.17, 15) is 4.79 Å². The highest BCUT2D eigenvalue weighted by atomic mass is 16.2. The highest BCUT2D eigenvalue weighted by Gasteiger charge is 1.88. The van der Waals surface area contributed by atoms with Gasteiger partial charge in [-0.2, -0.15) is 0 Å². The van der Waals surface area contributed by atoms with Crippen LogP contribution in [0.3, 0.4) is 0 Å². The van der Waals surface area contributed by atoms with E-state index in [1.807, 2.05) is 12.2 Å². The molecule has 0 rings (SSSR count). The fourth-order valence-corrected chi connectivity index (χ4v) is 0.490. The molecule has 0 radical (unpaired) electrons. The molecule has 3 heteroatoms. The van der Waals surface area contributed by atoms with Crippen molar-refractivity contribution in [2.24, 2.45) is 0 Å². The summed E-state index contributed by atoms with van der Waals surface area (Å²) in [5, 5.41) is 5.09. The zero-order chi connectivity index (χ0) is 7.82. The summed E-state index contributed by atoms with van der Waals surface area (Å²) in [4.78, 5) is 10.5. The smallest absolute Gasteiger partial charge is 0.314 e. The van der Waals surface area contributed by atoms with Crippen molar-refractivity contribution in [3.05, 3.63) is 12.2 Å². The van der Waals surface area contributed by atoms with Crippen LogP contribution in [-0.2, 0) is 0 Å². The Bertz CT molecular complexity index is 121. The minimum absolute atomic E-state index is 0.138. The number of amides is 2. The Morgan fingerprint density at radius 2 is 2.20 bits per heavy atom. The molecule has 10 heavy (non-hydrogen) atoms. The summed E-state index contributed by atoms with van der Waals surface area (Å²) in [5.74, 6) is 0. The van der Waals surface area contributed by atoms with Gasteiger partial charge in [-0.15, -0.1) is 0 Å². The van der Waals surface area contributed by atoms with Crippen LogP contribution in [0.1, 0.15) is 13.3 Å². The molecule has 0 fully saturated rings. The lowest BCUT2D eigenvalue weighted by atomic mass is 10.4. The lowest BCUT2D eigenvalue weighted by Gasteiger charge is -1.98. The van der Waals surface area contributed by atoms with E-state index < -0.39 is 0 Å². The predicted molar refractivity (Wildman–Crippen MR) is 41.9 cm³/mol. The highest BCUT2D eigenvalue weighted by molar-refractivity contribution is 5.73. The summed E-state index contributed by atoms with van der Waals surface area (Å²) in [6.07, 6.45) is 4.95. The Morgan fingerprint density at radius 3 is 2.70 bits per heavy atom. The van der Waals surface area contributed by atoms with Crippen molar-refractivity contribution in [3.63, 3.8) is 0 Å². The van der Waals surface area contributed by atoms with Crippen LogP contribution in [-0.4, -0.2) is 19.6 Å². The number of allylic oxidation sites excluding steroid dienone is 1. The van der Waals surface area contributed by atoms with Gasteiger partial charge < -0.3 is 10.6 Å². The maximum Gasteiger partial charge on any atom is 0.314 e. The Labute approximate surface area is 61.5 Å². The fraction of sp³-hybridized carbons (Fsp3) is 0.571. The van der Waals surface area contributed by atoms with Gasteiger partial charge in [-0.3, -0.25) is 0 Å². The first-order valence-electron chi connectivity index (χ1n) is 3.41. The average molecular weight is 142 g/mol. The molecule has 0 aromatic rings. The molecule has 2 amide bonds. The van der Waals surface area contributed by atoms with Crippen LogP contribution in [0.15, 0.2) is 12.2 Å². The summed E-state index contributed by atoms with van der Waals surface area (Å²) >= 11 is 0. The summed E-state index contributed by atoms with van der Waals surface area (Å²) in [6.45, 7) is 2.66. The average Bonchev–Trinajstić information content (AvgIpc) is 1.98. The summed E-state index contributed by atoms with van der Waals surface area (Å²) in [7, 11) is 1.60. The lowest BCUT2D eigenvalue weighted by molar-refractivity contribution is 0.244. The van der Waals surface area contributed by atoms with Crippen molar-refractivity contribution in [3.8, 4) is 0 Å². The van der Waals surface area contributed by atoms with Gasteiger partial charge in [-0.05, 0) is 6.42 Å². The third-order valence-electron chi connectivity index (χ3n) is 1.01. The van der Waals surface area contributed by atoms with Gasteiger partial charge in [0.2, 0.25) is 0 Å². The first-order chi connectivity index (χ1) is 4.81. The summed E-state index contributed by atoms with van der Waals surface area (Å²) < 4.78 is 0. The molecular weight excluding hydrogens is 128 g/mol. The van der Waals surface area contributed by atoms with Gasteiger partial charge >= 0.3 is 6.03 Å². The summed E-state index contributed by atoms with van der Waals surface area (Å²) in [6, 6.07) is -0.138. The molecular formula is C7H14N2O. The van der Waals surface area contributed by atoms with E-state index in [4.69, 9.17) is 0 Å². The second-order valence-corrected chi connectivity index (χ2v) is 1.84. The van der Waals surface area contributed by atoms with Crippen LogP contribution in [0, 0.1) is 0 Å². The number of hydrogen-bond acceptors (Lipinski definition) is 1. The zero-order valence-electron chi connectivity index (χ0n) is 6.48. The minimum atomic E-state index is -0.138. The van der Waals surface area contributed by atoms with E-state index in [-0.39, 0.29) is 6.03 Å². The normalized spacial score (nSPS) is 9.80. The van der Waals surface area contributed by atoms with Gasteiger partial charge in [-0.1, -0.05) is 19.1 Å². The number of carbonyl (C=O) groups excluding carboxylic acids is 1. The van der Waals surface area contributed by atoms with Crippen molar-refractivity contribution in [1.82, 2.24) is 10.6 Å². The molecule has 0 atom stereocenters. The van der Waals surface area contributed by atoms with Crippen LogP contribution in [0.2, 0.25) is 0 Å².